The van der Waals surface area contributed by atoms with Crippen molar-refractivity contribution in [3.63, 3.8) is 0 Å². The molecule has 2 unspecified atom stereocenters. The first-order chi connectivity index (χ1) is 21.1. The normalized spacial score (nSPS) is 23.8. The Labute approximate surface area is 258 Å². The van der Waals surface area contributed by atoms with Crippen molar-refractivity contribution in [1.82, 2.24) is 29.2 Å². The van der Waals surface area contributed by atoms with E-state index in [0.29, 0.717) is 30.9 Å². The number of carbonyl (C=O) groups is 1. The summed E-state index contributed by atoms with van der Waals surface area (Å²) >= 11 is 0. The molecular weight excluding hydrogens is 550 g/mol. The lowest BCUT2D eigenvalue weighted by atomic mass is 9.78. The molecule has 9 nitrogen and oxygen atoms in total. The van der Waals surface area contributed by atoms with Crippen LogP contribution in [0.15, 0.2) is 54.9 Å². The van der Waals surface area contributed by atoms with Crippen LogP contribution < -0.4 is 16.3 Å². The third-order valence-electron chi connectivity index (χ3n) is 9.29. The highest BCUT2D eigenvalue weighted by Gasteiger charge is 2.40. The van der Waals surface area contributed by atoms with Crippen molar-refractivity contribution in [3.05, 3.63) is 76.9 Å². The minimum Gasteiger partial charge on any atom is -0.444 e. The van der Waals surface area contributed by atoms with E-state index in [1.54, 1.807) is 6.20 Å². The van der Waals surface area contributed by atoms with Crippen LogP contribution in [0, 0.1) is 5.92 Å². The molecule has 44 heavy (non-hydrogen) atoms. The summed E-state index contributed by atoms with van der Waals surface area (Å²) in [6.45, 7) is 11.1. The molecule has 7 rings (SSSR count). The van der Waals surface area contributed by atoms with Crippen LogP contribution in [0.4, 0.5) is 10.6 Å². The molecule has 2 fully saturated rings. The molecule has 1 aliphatic heterocycles. The van der Waals surface area contributed by atoms with E-state index in [2.05, 4.69) is 57.6 Å². The lowest BCUT2D eigenvalue weighted by Crippen LogP contribution is -2.55. The number of imidazole rings is 1. The molecule has 3 aliphatic rings. The Balaban J connectivity index is 1.12. The molecule has 1 saturated heterocycles. The van der Waals surface area contributed by atoms with Gasteiger partial charge in [0, 0.05) is 62.0 Å². The van der Waals surface area contributed by atoms with Crippen molar-refractivity contribution in [3.8, 4) is 11.3 Å². The molecule has 4 aromatic rings. The number of nitrogens with two attached hydrogens (primary N) is 1. The summed E-state index contributed by atoms with van der Waals surface area (Å²) in [5, 5.41) is 2.13. The van der Waals surface area contributed by atoms with Crippen LogP contribution in [-0.4, -0.2) is 73.1 Å². The summed E-state index contributed by atoms with van der Waals surface area (Å²) in [6.07, 6.45) is 10.2. The molecule has 0 spiro atoms. The summed E-state index contributed by atoms with van der Waals surface area (Å²) < 4.78 is 7.75. The molecule has 0 radical (unpaired) electrons. The number of nitrogens with zero attached hydrogens (tertiary/aromatic N) is 6. The molecule has 2 atom stereocenters. The molecule has 228 valence electrons. The quantitative estimate of drug-likeness (QED) is 0.380. The molecule has 3 aromatic heterocycles. The van der Waals surface area contributed by atoms with Crippen LogP contribution in [0.2, 0.25) is 0 Å². The first kappa shape index (κ1) is 28.5. The second-order valence-corrected chi connectivity index (χ2v) is 13.5. The number of nitrogen functional groups attached to an aromatic ring is 1. The maximum atomic E-state index is 12.5. The second-order valence-electron chi connectivity index (χ2n) is 13.5. The summed E-state index contributed by atoms with van der Waals surface area (Å²) in [5.41, 5.74) is 10.0. The molecule has 4 heterocycles. The Bertz CT molecular complexity index is 1810. The molecule has 0 bridgehead atoms. The maximum Gasteiger partial charge on any atom is 0.410 e. The Morgan fingerprint density at radius 2 is 1.73 bits per heavy atom. The SMILES string of the molecule is CC1C=c2ccc(-c3ccccc3)nc2=CC1c1nc(C2CC(N3CCN(C(=O)OC(C)(C)C)CC3)C2)n2ccnc(N)c12. The molecule has 2 N–H and O–H groups in total. The largest absolute Gasteiger partial charge is 0.444 e. The van der Waals surface area contributed by atoms with Gasteiger partial charge in [0.2, 0.25) is 0 Å². The summed E-state index contributed by atoms with van der Waals surface area (Å²) in [4.78, 5) is 31.7. The van der Waals surface area contributed by atoms with Gasteiger partial charge in [-0.15, -0.1) is 0 Å². The predicted octanol–water partition coefficient (Wildman–Crippen LogP) is 4.17. The van der Waals surface area contributed by atoms with Gasteiger partial charge in [0.05, 0.1) is 16.7 Å². The molecule has 1 saturated carbocycles. The van der Waals surface area contributed by atoms with E-state index in [0.717, 1.165) is 64.8 Å². The Kier molecular flexibility index (Phi) is 7.16. The molecule has 9 heteroatoms. The number of fused-ring (bicyclic) bond motifs is 2. The van der Waals surface area contributed by atoms with Gasteiger partial charge in [-0.05, 0) is 56.9 Å². The minimum absolute atomic E-state index is 0.0353. The fraction of sp³-hybridized carbons (Fsp3) is 0.429. The Hall–Kier alpha value is -4.24. The lowest BCUT2D eigenvalue weighted by molar-refractivity contribution is 0.00264. The Morgan fingerprint density at radius 3 is 2.45 bits per heavy atom. The average Bonchev–Trinajstić information content (AvgIpc) is 3.36. The standard InChI is InChI=1S/C35H41N7O2/c1-22-18-24-10-11-28(23-8-6-5-7-9-23)38-29(24)21-27(22)30-31-32(36)37-12-13-42(31)33(39-30)25-19-26(20-25)40-14-16-41(17-15-40)34(43)44-35(2,3)4/h5-13,18,21-22,25-27H,14-17,19-20H2,1-4H3,(H2,36,37). The number of amides is 1. The number of piperazine rings is 1. The van der Waals surface area contributed by atoms with Crippen molar-refractivity contribution in [1.29, 1.82) is 0 Å². The second kappa shape index (κ2) is 11.0. The number of anilines is 1. The molecule has 1 aromatic carbocycles. The number of ether oxygens (including phenoxy) is 1. The number of hydrogen-bond donors (Lipinski definition) is 1. The monoisotopic (exact) mass is 591 g/mol. The van der Waals surface area contributed by atoms with Gasteiger partial charge >= 0.3 is 6.09 Å². The van der Waals surface area contributed by atoms with Crippen LogP contribution >= 0.6 is 0 Å². The number of aromatic nitrogens is 4. The Morgan fingerprint density at radius 1 is 0.977 bits per heavy atom. The van der Waals surface area contributed by atoms with Crippen LogP contribution in [0.3, 0.4) is 0 Å². The summed E-state index contributed by atoms with van der Waals surface area (Å²) in [7, 11) is 0. The van der Waals surface area contributed by atoms with Gasteiger partial charge in [-0.3, -0.25) is 9.30 Å². The van der Waals surface area contributed by atoms with E-state index < -0.39 is 5.60 Å². The highest BCUT2D eigenvalue weighted by atomic mass is 16.6. The average molecular weight is 592 g/mol. The zero-order valence-corrected chi connectivity index (χ0v) is 26.0. The third kappa shape index (κ3) is 5.34. The van der Waals surface area contributed by atoms with Gasteiger partial charge in [-0.25, -0.2) is 19.7 Å². The smallest absolute Gasteiger partial charge is 0.410 e. The minimum atomic E-state index is -0.476. The van der Waals surface area contributed by atoms with Crippen LogP contribution in [0.25, 0.3) is 28.9 Å². The van der Waals surface area contributed by atoms with Gasteiger partial charge in [0.25, 0.3) is 0 Å². The van der Waals surface area contributed by atoms with E-state index in [4.69, 9.17) is 20.4 Å². The van der Waals surface area contributed by atoms with Gasteiger partial charge < -0.3 is 15.4 Å². The fourth-order valence-electron chi connectivity index (χ4n) is 6.89. The van der Waals surface area contributed by atoms with Gasteiger partial charge in [0.1, 0.15) is 22.8 Å². The van der Waals surface area contributed by atoms with Crippen LogP contribution in [0.5, 0.6) is 0 Å². The topological polar surface area (TPSA) is 102 Å². The highest BCUT2D eigenvalue weighted by Crippen LogP contribution is 2.42. The van der Waals surface area contributed by atoms with E-state index in [-0.39, 0.29) is 17.9 Å². The van der Waals surface area contributed by atoms with E-state index in [1.165, 1.54) is 0 Å². The van der Waals surface area contributed by atoms with Gasteiger partial charge in [0.15, 0.2) is 0 Å². The van der Waals surface area contributed by atoms with Crippen molar-refractivity contribution in [2.75, 3.05) is 31.9 Å². The van der Waals surface area contributed by atoms with Crippen LogP contribution in [-0.2, 0) is 4.74 Å². The molecule has 2 aliphatic carbocycles. The maximum absolute atomic E-state index is 12.5. The van der Waals surface area contributed by atoms with Crippen molar-refractivity contribution >= 4 is 29.6 Å². The fourth-order valence-corrected chi connectivity index (χ4v) is 6.89. The third-order valence-corrected chi connectivity index (χ3v) is 9.29. The number of pyridine rings is 1. The highest BCUT2D eigenvalue weighted by molar-refractivity contribution is 5.73. The van der Waals surface area contributed by atoms with Crippen molar-refractivity contribution in [2.24, 2.45) is 5.92 Å². The van der Waals surface area contributed by atoms with Crippen LogP contribution in [0.1, 0.15) is 63.9 Å². The summed E-state index contributed by atoms with van der Waals surface area (Å²) in [5.74, 6) is 2.17. The van der Waals surface area contributed by atoms with Gasteiger partial charge in [-0.2, -0.15) is 0 Å². The number of carbonyl (C=O) groups excluding carboxylic acids is 1. The first-order valence-corrected chi connectivity index (χ1v) is 15.7. The van der Waals surface area contributed by atoms with E-state index >= 15 is 0 Å². The lowest BCUT2D eigenvalue weighted by Gasteiger charge is -2.46. The number of rotatable bonds is 4. The zero-order valence-electron chi connectivity index (χ0n) is 26.0. The first-order valence-electron chi connectivity index (χ1n) is 15.7. The van der Waals surface area contributed by atoms with Crippen molar-refractivity contribution < 1.29 is 9.53 Å². The van der Waals surface area contributed by atoms with E-state index in [1.807, 2.05) is 50.1 Å². The van der Waals surface area contributed by atoms with Crippen molar-refractivity contribution in [2.45, 2.75) is 64.0 Å². The number of benzene rings is 1. The summed E-state index contributed by atoms with van der Waals surface area (Å²) in [6, 6.07) is 15.0. The molecular formula is C35H41N7O2. The molecule has 1 amide bonds. The van der Waals surface area contributed by atoms with E-state index in [9.17, 15) is 4.79 Å². The zero-order chi connectivity index (χ0) is 30.6. The van der Waals surface area contributed by atoms with Gasteiger partial charge in [-0.1, -0.05) is 49.4 Å². The predicted molar refractivity (Wildman–Crippen MR) is 172 cm³/mol. The number of hydrogen-bond acceptors (Lipinski definition) is 7.